The van der Waals surface area contributed by atoms with E-state index in [9.17, 15) is 14.4 Å². The third-order valence-electron chi connectivity index (χ3n) is 5.16. The van der Waals surface area contributed by atoms with Gasteiger partial charge in [-0.25, -0.2) is 4.79 Å². The molecule has 0 radical (unpaired) electrons. The van der Waals surface area contributed by atoms with Gasteiger partial charge >= 0.3 is 6.03 Å². The number of hydrogen-bond donors (Lipinski definition) is 2. The summed E-state index contributed by atoms with van der Waals surface area (Å²) >= 11 is 0. The molecule has 1 aromatic carbocycles. The molecule has 0 atom stereocenters. The molecule has 7 nitrogen and oxygen atoms in total. The van der Waals surface area contributed by atoms with Crippen LogP contribution in [-0.4, -0.2) is 48.0 Å². The van der Waals surface area contributed by atoms with E-state index in [2.05, 4.69) is 10.6 Å². The Balaban J connectivity index is 1.39. The average Bonchev–Trinajstić information content (AvgIpc) is 2.86. The number of urea groups is 1. The predicted octanol–water partition coefficient (Wildman–Crippen LogP) is 2.13. The molecule has 0 aromatic heterocycles. The first-order valence-electron chi connectivity index (χ1n) is 9.60. The fraction of sp³-hybridized carbons (Fsp3) is 0.550. The first-order chi connectivity index (χ1) is 13.0. The number of imide groups is 1. The minimum atomic E-state index is -0.780. The summed E-state index contributed by atoms with van der Waals surface area (Å²) in [5.74, 6) is 0.213. The minimum absolute atomic E-state index is 0.231. The van der Waals surface area contributed by atoms with Gasteiger partial charge in [0, 0.05) is 6.54 Å². The van der Waals surface area contributed by atoms with Gasteiger partial charge in [-0.15, -0.1) is 0 Å². The van der Waals surface area contributed by atoms with Gasteiger partial charge in [-0.2, -0.15) is 0 Å². The molecule has 1 heterocycles. The topological polar surface area (TPSA) is 87.7 Å². The second kappa shape index (κ2) is 8.41. The van der Waals surface area contributed by atoms with Crippen LogP contribution >= 0.6 is 0 Å². The molecule has 0 bridgehead atoms. The highest BCUT2D eigenvalue weighted by atomic mass is 16.5. The maximum Gasteiger partial charge on any atom is 0.325 e. The van der Waals surface area contributed by atoms with E-state index in [-0.39, 0.29) is 18.4 Å². The van der Waals surface area contributed by atoms with Crippen molar-refractivity contribution in [2.45, 2.75) is 51.0 Å². The van der Waals surface area contributed by atoms with E-state index in [1.807, 2.05) is 31.2 Å². The third kappa shape index (κ3) is 4.59. The fourth-order valence-electron chi connectivity index (χ4n) is 3.71. The van der Waals surface area contributed by atoms with E-state index < -0.39 is 11.6 Å². The Morgan fingerprint density at radius 1 is 1.26 bits per heavy atom. The largest absolute Gasteiger partial charge is 0.494 e. The van der Waals surface area contributed by atoms with Gasteiger partial charge in [0.15, 0.2) is 0 Å². The van der Waals surface area contributed by atoms with Crippen LogP contribution in [0, 0.1) is 6.92 Å². The fourth-order valence-corrected chi connectivity index (χ4v) is 3.71. The molecule has 1 aliphatic carbocycles. The molecule has 2 fully saturated rings. The van der Waals surface area contributed by atoms with Crippen LogP contribution in [0.2, 0.25) is 0 Å². The van der Waals surface area contributed by atoms with Crippen LogP contribution in [0.25, 0.3) is 0 Å². The van der Waals surface area contributed by atoms with Crippen molar-refractivity contribution in [3.05, 3.63) is 29.8 Å². The van der Waals surface area contributed by atoms with Crippen LogP contribution in [0.4, 0.5) is 4.79 Å². The van der Waals surface area contributed by atoms with E-state index in [1.165, 1.54) is 0 Å². The van der Waals surface area contributed by atoms with Crippen LogP contribution in [0.3, 0.4) is 0 Å². The number of nitrogens with one attached hydrogen (secondary N) is 2. The minimum Gasteiger partial charge on any atom is -0.494 e. The van der Waals surface area contributed by atoms with E-state index in [4.69, 9.17) is 4.74 Å². The molecule has 3 rings (SSSR count). The molecule has 2 aliphatic rings. The number of amides is 4. The molecular formula is C20H27N3O4. The molecule has 146 valence electrons. The second-order valence-electron chi connectivity index (χ2n) is 7.33. The average molecular weight is 373 g/mol. The van der Waals surface area contributed by atoms with Gasteiger partial charge in [0.25, 0.3) is 5.91 Å². The number of aryl methyl sites for hydroxylation is 1. The van der Waals surface area contributed by atoms with Crippen LogP contribution in [0.15, 0.2) is 24.3 Å². The Labute approximate surface area is 159 Å². The van der Waals surface area contributed by atoms with Crippen molar-refractivity contribution in [2.24, 2.45) is 0 Å². The number of benzene rings is 1. The molecule has 2 N–H and O–H groups in total. The highest BCUT2D eigenvalue weighted by Crippen LogP contribution is 2.33. The van der Waals surface area contributed by atoms with Crippen molar-refractivity contribution in [1.82, 2.24) is 15.5 Å². The van der Waals surface area contributed by atoms with Gasteiger partial charge in [-0.05, 0) is 43.9 Å². The predicted molar refractivity (Wildman–Crippen MR) is 100 cm³/mol. The Kier molecular flexibility index (Phi) is 5.98. The van der Waals surface area contributed by atoms with Crippen molar-refractivity contribution >= 4 is 17.8 Å². The number of carbonyl (C=O) groups excluding carboxylic acids is 3. The van der Waals surface area contributed by atoms with Crippen molar-refractivity contribution in [2.75, 3.05) is 19.7 Å². The zero-order chi connectivity index (χ0) is 19.3. The van der Waals surface area contributed by atoms with Crippen LogP contribution < -0.4 is 15.4 Å². The van der Waals surface area contributed by atoms with Crippen molar-refractivity contribution in [1.29, 1.82) is 0 Å². The summed E-state index contributed by atoms with van der Waals surface area (Å²) in [4.78, 5) is 37.9. The van der Waals surface area contributed by atoms with Crippen molar-refractivity contribution in [3.63, 3.8) is 0 Å². The molecule has 1 saturated carbocycles. The smallest absolute Gasteiger partial charge is 0.325 e. The third-order valence-corrected chi connectivity index (χ3v) is 5.16. The maximum atomic E-state index is 12.6. The van der Waals surface area contributed by atoms with Gasteiger partial charge in [0.1, 0.15) is 17.8 Å². The Bertz CT molecular complexity index is 713. The zero-order valence-corrected chi connectivity index (χ0v) is 15.8. The van der Waals surface area contributed by atoms with E-state index in [1.54, 1.807) is 0 Å². The Hall–Kier alpha value is -2.57. The van der Waals surface area contributed by atoms with E-state index in [0.717, 1.165) is 35.5 Å². The summed E-state index contributed by atoms with van der Waals surface area (Å²) in [6.45, 7) is 2.68. The van der Waals surface area contributed by atoms with Crippen LogP contribution in [-0.2, 0) is 9.59 Å². The summed E-state index contributed by atoms with van der Waals surface area (Å²) in [5, 5.41) is 5.56. The lowest BCUT2D eigenvalue weighted by molar-refractivity contribution is -0.135. The highest BCUT2D eigenvalue weighted by Gasteiger charge is 2.51. The Morgan fingerprint density at radius 2 is 2.04 bits per heavy atom. The quantitative estimate of drug-likeness (QED) is 0.566. The number of hydrogen-bond acceptors (Lipinski definition) is 4. The van der Waals surface area contributed by atoms with Crippen LogP contribution in [0.5, 0.6) is 5.75 Å². The summed E-state index contributed by atoms with van der Waals surface area (Å²) < 4.78 is 5.63. The standard InChI is InChI=1S/C20H27N3O4/c1-15-7-5-8-16(13-15)27-12-6-11-21-17(24)14-23-18(25)20(22-19(23)26)9-3-2-4-10-20/h5,7-8,13H,2-4,6,9-12,14H2,1H3,(H,21,24)(H,22,26). The summed E-state index contributed by atoms with van der Waals surface area (Å²) in [6, 6.07) is 7.32. The zero-order valence-electron chi connectivity index (χ0n) is 15.8. The first-order valence-corrected chi connectivity index (χ1v) is 9.60. The number of nitrogens with zero attached hydrogens (tertiary/aromatic N) is 1. The Morgan fingerprint density at radius 3 is 2.78 bits per heavy atom. The first kappa shape index (κ1) is 19.2. The normalized spacial score (nSPS) is 18.5. The molecule has 1 aliphatic heterocycles. The molecule has 0 unspecified atom stereocenters. The molecule has 1 saturated heterocycles. The van der Waals surface area contributed by atoms with Crippen molar-refractivity contribution in [3.8, 4) is 5.75 Å². The number of ether oxygens (including phenoxy) is 1. The molecule has 27 heavy (non-hydrogen) atoms. The maximum absolute atomic E-state index is 12.6. The van der Waals surface area contributed by atoms with Gasteiger partial charge in [0.2, 0.25) is 5.91 Å². The molecule has 1 aromatic rings. The SMILES string of the molecule is Cc1cccc(OCCCNC(=O)CN2C(=O)NC3(CCCCC3)C2=O)c1. The van der Waals surface area contributed by atoms with Crippen molar-refractivity contribution < 1.29 is 19.1 Å². The molecule has 4 amide bonds. The second-order valence-corrected chi connectivity index (χ2v) is 7.33. The lowest BCUT2D eigenvalue weighted by atomic mass is 9.82. The summed E-state index contributed by atoms with van der Waals surface area (Å²) in [6.07, 6.45) is 4.89. The monoisotopic (exact) mass is 373 g/mol. The van der Waals surface area contributed by atoms with Gasteiger partial charge in [0.05, 0.1) is 6.61 Å². The number of rotatable bonds is 7. The molecule has 1 spiro atoms. The van der Waals surface area contributed by atoms with E-state index in [0.29, 0.717) is 32.4 Å². The lowest BCUT2D eigenvalue weighted by Crippen LogP contribution is -2.49. The summed E-state index contributed by atoms with van der Waals surface area (Å²) in [7, 11) is 0. The lowest BCUT2D eigenvalue weighted by Gasteiger charge is -2.30. The molecular weight excluding hydrogens is 346 g/mol. The summed E-state index contributed by atoms with van der Waals surface area (Å²) in [5.41, 5.74) is 0.349. The van der Waals surface area contributed by atoms with Gasteiger partial charge in [-0.1, -0.05) is 31.4 Å². The van der Waals surface area contributed by atoms with Gasteiger partial charge in [-0.3, -0.25) is 14.5 Å². The highest BCUT2D eigenvalue weighted by molar-refractivity contribution is 6.09. The van der Waals surface area contributed by atoms with Gasteiger partial charge < -0.3 is 15.4 Å². The van der Waals surface area contributed by atoms with Crippen LogP contribution in [0.1, 0.15) is 44.1 Å². The molecule has 7 heteroatoms. The number of carbonyl (C=O) groups is 3. The van der Waals surface area contributed by atoms with E-state index >= 15 is 0 Å².